The molecule has 1 aliphatic rings. The van der Waals surface area contributed by atoms with Crippen LogP contribution in [0, 0.1) is 0 Å². The van der Waals surface area contributed by atoms with E-state index < -0.39 is 6.09 Å². The van der Waals surface area contributed by atoms with Gasteiger partial charge in [-0.3, -0.25) is 4.79 Å². The summed E-state index contributed by atoms with van der Waals surface area (Å²) in [6.45, 7) is 2.03. The Morgan fingerprint density at radius 2 is 2.20 bits per heavy atom. The molecule has 5 nitrogen and oxygen atoms in total. The number of amides is 1. The normalized spacial score (nSPS) is 24.5. The molecule has 15 heavy (non-hydrogen) atoms. The molecule has 1 atom stereocenters. The number of likely N-dealkylation sites (tertiary alicyclic amines) is 1. The molecule has 1 heterocycles. The molecule has 1 rings (SSSR count). The number of piperidine rings is 1. The summed E-state index contributed by atoms with van der Waals surface area (Å²) in [4.78, 5) is 25.5. The van der Waals surface area contributed by atoms with Gasteiger partial charge < -0.3 is 14.9 Å². The second kappa shape index (κ2) is 4.33. The van der Waals surface area contributed by atoms with Crippen LogP contribution in [0.2, 0.25) is 0 Å². The van der Waals surface area contributed by atoms with E-state index >= 15 is 0 Å². The Labute approximate surface area is 89.0 Å². The fourth-order valence-corrected chi connectivity index (χ4v) is 1.68. The molecule has 1 saturated heterocycles. The van der Waals surface area contributed by atoms with E-state index in [-0.39, 0.29) is 18.2 Å². The van der Waals surface area contributed by atoms with Crippen molar-refractivity contribution in [1.29, 1.82) is 0 Å². The van der Waals surface area contributed by atoms with Gasteiger partial charge in [0.15, 0.2) is 5.78 Å². The van der Waals surface area contributed by atoms with Gasteiger partial charge in [-0.2, -0.15) is 0 Å². The molecule has 1 unspecified atom stereocenters. The van der Waals surface area contributed by atoms with Crippen molar-refractivity contribution in [2.75, 3.05) is 20.6 Å². The van der Waals surface area contributed by atoms with Crippen molar-refractivity contribution >= 4 is 11.9 Å². The highest BCUT2D eigenvalue weighted by Crippen LogP contribution is 2.20. The minimum atomic E-state index is -0.973. The van der Waals surface area contributed by atoms with Crippen molar-refractivity contribution in [1.82, 2.24) is 9.80 Å². The summed E-state index contributed by atoms with van der Waals surface area (Å²) in [5, 5.41) is 8.92. The Hall–Kier alpha value is -1.52. The lowest BCUT2D eigenvalue weighted by Gasteiger charge is -2.32. The minimum absolute atomic E-state index is 0.0358. The average Bonchev–Trinajstić information content (AvgIpc) is 2.11. The number of carbonyl (C=O) groups excluding carboxylic acids is 1. The molecule has 0 radical (unpaired) electrons. The van der Waals surface area contributed by atoms with E-state index in [1.807, 2.05) is 14.1 Å². The number of nitrogens with zero attached hydrogens (tertiary/aromatic N) is 2. The second-order valence-corrected chi connectivity index (χ2v) is 3.87. The molecule has 1 N–H and O–H groups in total. The topological polar surface area (TPSA) is 60.9 Å². The van der Waals surface area contributed by atoms with Crippen molar-refractivity contribution in [3.8, 4) is 0 Å². The van der Waals surface area contributed by atoms with Crippen LogP contribution in [0.4, 0.5) is 4.79 Å². The lowest BCUT2D eigenvalue weighted by Crippen LogP contribution is -2.46. The maximum atomic E-state index is 11.6. The molecule has 0 bridgehead atoms. The van der Waals surface area contributed by atoms with Crippen molar-refractivity contribution in [3.05, 3.63) is 11.8 Å². The Morgan fingerprint density at radius 1 is 1.60 bits per heavy atom. The van der Waals surface area contributed by atoms with Gasteiger partial charge >= 0.3 is 6.09 Å². The van der Waals surface area contributed by atoms with Crippen LogP contribution in [0.5, 0.6) is 0 Å². The van der Waals surface area contributed by atoms with E-state index in [2.05, 4.69) is 0 Å². The zero-order valence-electron chi connectivity index (χ0n) is 9.23. The van der Waals surface area contributed by atoms with E-state index in [1.165, 1.54) is 4.90 Å². The molecule has 84 valence electrons. The number of hydrogen-bond donors (Lipinski definition) is 1. The Balaban J connectivity index is 2.93. The smallest absolute Gasteiger partial charge is 0.407 e. The fourth-order valence-electron chi connectivity index (χ4n) is 1.68. The van der Waals surface area contributed by atoms with E-state index in [4.69, 9.17) is 5.11 Å². The second-order valence-electron chi connectivity index (χ2n) is 3.87. The summed E-state index contributed by atoms with van der Waals surface area (Å²) in [6.07, 6.45) is 0.998. The van der Waals surface area contributed by atoms with Crippen molar-refractivity contribution in [2.24, 2.45) is 0 Å². The molecule has 0 aliphatic carbocycles. The predicted octanol–water partition coefficient (Wildman–Crippen LogP) is 0.773. The zero-order chi connectivity index (χ0) is 11.6. The van der Waals surface area contributed by atoms with Gasteiger partial charge in [0.2, 0.25) is 0 Å². The number of Topliss-reactive ketones (excluding diaryl/α,β-unsaturated/α-hetero) is 1. The number of hydrogen-bond acceptors (Lipinski definition) is 3. The first-order valence-corrected chi connectivity index (χ1v) is 4.84. The predicted molar refractivity (Wildman–Crippen MR) is 55.6 cm³/mol. The highest BCUT2D eigenvalue weighted by Gasteiger charge is 2.31. The number of rotatable bonds is 1. The van der Waals surface area contributed by atoms with Crippen LogP contribution in [0.15, 0.2) is 11.8 Å². The van der Waals surface area contributed by atoms with Gasteiger partial charge in [0.05, 0.1) is 6.04 Å². The zero-order valence-corrected chi connectivity index (χ0v) is 9.23. The van der Waals surface area contributed by atoms with Gasteiger partial charge in [-0.25, -0.2) is 4.79 Å². The van der Waals surface area contributed by atoms with Gasteiger partial charge in [-0.15, -0.1) is 0 Å². The third-order valence-corrected chi connectivity index (χ3v) is 2.46. The summed E-state index contributed by atoms with van der Waals surface area (Å²) < 4.78 is 0. The standard InChI is InChI=1S/C10H16N2O3/c1-7-8(6-11(2)3)9(13)4-5-12(7)10(14)15/h6-7H,4-5H2,1-3H3,(H,14,15)/b8-6+. The van der Waals surface area contributed by atoms with Crippen molar-refractivity contribution in [3.63, 3.8) is 0 Å². The summed E-state index contributed by atoms with van der Waals surface area (Å²) in [5.41, 5.74) is 0.564. The molecule has 0 aromatic carbocycles. The van der Waals surface area contributed by atoms with Crippen LogP contribution in [0.3, 0.4) is 0 Å². The van der Waals surface area contributed by atoms with Crippen LogP contribution >= 0.6 is 0 Å². The Morgan fingerprint density at radius 3 is 2.67 bits per heavy atom. The van der Waals surface area contributed by atoms with Crippen LogP contribution in [-0.2, 0) is 4.79 Å². The van der Waals surface area contributed by atoms with Gasteiger partial charge in [-0.05, 0) is 6.92 Å². The lowest BCUT2D eigenvalue weighted by molar-refractivity contribution is -0.117. The Kier molecular flexibility index (Phi) is 3.34. The summed E-state index contributed by atoms with van der Waals surface area (Å²) in [7, 11) is 3.62. The molecule has 0 saturated carbocycles. The maximum absolute atomic E-state index is 11.6. The number of carboxylic acid groups (broad SMARTS) is 1. The van der Waals surface area contributed by atoms with Gasteiger partial charge in [0.1, 0.15) is 0 Å². The summed E-state index contributed by atoms with van der Waals surface area (Å²) >= 11 is 0. The van der Waals surface area contributed by atoms with Gasteiger partial charge in [-0.1, -0.05) is 0 Å². The molecule has 5 heteroatoms. The maximum Gasteiger partial charge on any atom is 0.407 e. The lowest BCUT2D eigenvalue weighted by atomic mass is 9.96. The monoisotopic (exact) mass is 212 g/mol. The average molecular weight is 212 g/mol. The molecule has 1 fully saturated rings. The molecule has 0 aromatic rings. The first-order chi connectivity index (χ1) is 6.93. The van der Waals surface area contributed by atoms with Gasteiger partial charge in [0, 0.05) is 38.8 Å². The van der Waals surface area contributed by atoms with Crippen molar-refractivity contribution < 1.29 is 14.7 Å². The van der Waals surface area contributed by atoms with Crippen LogP contribution in [0.25, 0.3) is 0 Å². The highest BCUT2D eigenvalue weighted by atomic mass is 16.4. The SMILES string of the molecule is CC1/C(=C\N(C)C)C(=O)CCN1C(=O)O. The highest BCUT2D eigenvalue weighted by molar-refractivity contribution is 5.98. The van der Waals surface area contributed by atoms with E-state index in [9.17, 15) is 9.59 Å². The molecular weight excluding hydrogens is 196 g/mol. The van der Waals surface area contributed by atoms with Crippen LogP contribution < -0.4 is 0 Å². The quantitative estimate of drug-likeness (QED) is 0.652. The van der Waals surface area contributed by atoms with Crippen LogP contribution in [0.1, 0.15) is 13.3 Å². The number of carbonyl (C=O) groups is 2. The fraction of sp³-hybridized carbons (Fsp3) is 0.600. The van der Waals surface area contributed by atoms with Crippen molar-refractivity contribution in [2.45, 2.75) is 19.4 Å². The summed E-state index contributed by atoms with van der Waals surface area (Å²) in [6, 6.07) is -0.355. The molecule has 0 aromatic heterocycles. The largest absolute Gasteiger partial charge is 0.465 e. The van der Waals surface area contributed by atoms with Crippen LogP contribution in [-0.4, -0.2) is 53.5 Å². The molecule has 1 amide bonds. The Bertz CT molecular complexity index is 310. The molecule has 0 spiro atoms. The van der Waals surface area contributed by atoms with E-state index in [0.29, 0.717) is 12.1 Å². The van der Waals surface area contributed by atoms with E-state index in [1.54, 1.807) is 18.0 Å². The third-order valence-electron chi connectivity index (χ3n) is 2.46. The third kappa shape index (κ3) is 2.49. The first kappa shape index (κ1) is 11.6. The first-order valence-electron chi connectivity index (χ1n) is 4.84. The number of ketones is 1. The van der Waals surface area contributed by atoms with Gasteiger partial charge in [0.25, 0.3) is 0 Å². The molecule has 1 aliphatic heterocycles. The minimum Gasteiger partial charge on any atom is -0.465 e. The molecular formula is C10H16N2O3. The summed E-state index contributed by atoms with van der Waals surface area (Å²) in [5.74, 6) is 0.0358. The van der Waals surface area contributed by atoms with E-state index in [0.717, 1.165) is 0 Å².